The van der Waals surface area contributed by atoms with Crippen LogP contribution in [0.2, 0.25) is 0 Å². The van der Waals surface area contributed by atoms with E-state index in [1.807, 2.05) is 0 Å². The summed E-state index contributed by atoms with van der Waals surface area (Å²) >= 11 is 0. The van der Waals surface area contributed by atoms with E-state index < -0.39 is 35.6 Å². The van der Waals surface area contributed by atoms with Gasteiger partial charge in [0, 0.05) is 7.05 Å². The highest BCUT2D eigenvalue weighted by atomic mass is 19.3. The third-order valence-corrected chi connectivity index (χ3v) is 3.40. The fourth-order valence-corrected chi connectivity index (χ4v) is 2.26. The molecule has 2 heterocycles. The van der Waals surface area contributed by atoms with Gasteiger partial charge in [-0.1, -0.05) is 0 Å². The molecule has 1 atom stereocenters. The van der Waals surface area contributed by atoms with Crippen LogP contribution in [0.1, 0.15) is 5.56 Å². The number of nitrogens with one attached hydrogen (secondary N) is 1. The van der Waals surface area contributed by atoms with E-state index in [1.54, 1.807) is 0 Å². The van der Waals surface area contributed by atoms with Crippen molar-refractivity contribution in [2.24, 2.45) is 0 Å². The first-order valence-corrected chi connectivity index (χ1v) is 6.27. The van der Waals surface area contributed by atoms with Crippen molar-refractivity contribution in [2.45, 2.75) is 12.0 Å². The van der Waals surface area contributed by atoms with Crippen molar-refractivity contribution in [2.75, 3.05) is 18.5 Å². The average Bonchev–Trinajstić information content (AvgIpc) is 2.97. The Labute approximate surface area is 122 Å². The number of hydrogen-bond acceptors (Lipinski definition) is 5. The van der Waals surface area contributed by atoms with Crippen LogP contribution in [0.3, 0.4) is 0 Å². The Bertz CT molecular complexity index is 691. The smallest absolute Gasteiger partial charge is 0.408 e. The molecule has 0 saturated carbocycles. The Hall–Kier alpha value is -2.71. The standard InChI is InChI=1S/C13H10F2N2O5/c1-17-8-3-2-6(4-7(8)13(14,15)11(17)19)21-10(18)9-5-16-12(20)22-9/h2-4,9H,5H2,1H3,(H,16,20). The summed E-state index contributed by atoms with van der Waals surface area (Å²) < 4.78 is 37.2. The lowest BCUT2D eigenvalue weighted by Gasteiger charge is -2.11. The van der Waals surface area contributed by atoms with Crippen LogP contribution in [0.25, 0.3) is 0 Å². The molecule has 0 aromatic heterocycles. The topological polar surface area (TPSA) is 84.9 Å². The number of anilines is 1. The normalized spacial score (nSPS) is 22.1. The zero-order valence-electron chi connectivity index (χ0n) is 11.3. The Balaban J connectivity index is 1.83. The molecule has 1 fully saturated rings. The predicted molar refractivity (Wildman–Crippen MR) is 67.7 cm³/mol. The second-order valence-electron chi connectivity index (χ2n) is 4.81. The van der Waals surface area contributed by atoms with E-state index in [0.717, 1.165) is 11.0 Å². The molecule has 116 valence electrons. The lowest BCUT2D eigenvalue weighted by atomic mass is 10.1. The number of cyclic esters (lactones) is 1. The van der Waals surface area contributed by atoms with Gasteiger partial charge in [-0.25, -0.2) is 9.59 Å². The van der Waals surface area contributed by atoms with Crippen molar-refractivity contribution in [1.82, 2.24) is 5.32 Å². The lowest BCUT2D eigenvalue weighted by molar-refractivity contribution is -0.141. The quantitative estimate of drug-likeness (QED) is 0.644. The highest BCUT2D eigenvalue weighted by Crippen LogP contribution is 2.44. The number of hydrogen-bond donors (Lipinski definition) is 1. The van der Waals surface area contributed by atoms with Crippen molar-refractivity contribution in [3.05, 3.63) is 23.8 Å². The molecule has 2 aliphatic rings. The van der Waals surface area contributed by atoms with Crippen LogP contribution in [0.5, 0.6) is 5.75 Å². The molecule has 0 spiro atoms. The Morgan fingerprint density at radius 3 is 2.82 bits per heavy atom. The summed E-state index contributed by atoms with van der Waals surface area (Å²) in [6.45, 7) is -0.0556. The van der Waals surface area contributed by atoms with Gasteiger partial charge in [-0.05, 0) is 18.2 Å². The van der Waals surface area contributed by atoms with E-state index in [-0.39, 0.29) is 18.0 Å². The molecule has 1 N–H and O–H groups in total. The molecule has 0 aliphatic carbocycles. The number of carbonyl (C=O) groups excluding carboxylic acids is 3. The molecule has 0 bridgehead atoms. The van der Waals surface area contributed by atoms with E-state index >= 15 is 0 Å². The van der Waals surface area contributed by atoms with Crippen LogP contribution in [0.15, 0.2) is 18.2 Å². The number of benzene rings is 1. The van der Waals surface area contributed by atoms with Crippen molar-refractivity contribution in [3.63, 3.8) is 0 Å². The van der Waals surface area contributed by atoms with Crippen molar-refractivity contribution in [1.29, 1.82) is 0 Å². The van der Waals surface area contributed by atoms with Crippen LogP contribution in [-0.4, -0.2) is 37.7 Å². The number of fused-ring (bicyclic) bond motifs is 1. The molecule has 1 unspecified atom stereocenters. The minimum Gasteiger partial charge on any atom is -0.432 e. The molecule has 1 aromatic rings. The van der Waals surface area contributed by atoms with Gasteiger partial charge in [0.15, 0.2) is 0 Å². The molecule has 22 heavy (non-hydrogen) atoms. The Kier molecular flexibility index (Phi) is 3.01. The summed E-state index contributed by atoms with van der Waals surface area (Å²) in [6, 6.07) is 3.47. The second kappa shape index (κ2) is 4.65. The minimum absolute atomic E-state index is 0.0451. The third-order valence-electron chi connectivity index (χ3n) is 3.40. The second-order valence-corrected chi connectivity index (χ2v) is 4.81. The molecule has 3 rings (SSSR count). The number of alkyl carbamates (subject to hydrolysis) is 1. The summed E-state index contributed by atoms with van der Waals surface area (Å²) in [6.07, 6.45) is -1.89. The van der Waals surface area contributed by atoms with Gasteiger partial charge in [0.2, 0.25) is 6.10 Å². The van der Waals surface area contributed by atoms with Crippen LogP contribution < -0.4 is 15.0 Å². The summed E-state index contributed by atoms with van der Waals surface area (Å²) in [5.74, 6) is -6.07. The zero-order valence-corrected chi connectivity index (χ0v) is 11.3. The van der Waals surface area contributed by atoms with Gasteiger partial charge in [0.1, 0.15) is 5.75 Å². The number of halogens is 2. The highest BCUT2D eigenvalue weighted by Gasteiger charge is 2.51. The number of carbonyl (C=O) groups is 3. The maximum Gasteiger partial charge on any atom is 0.408 e. The fourth-order valence-electron chi connectivity index (χ4n) is 2.26. The van der Waals surface area contributed by atoms with E-state index in [0.29, 0.717) is 0 Å². The van der Waals surface area contributed by atoms with E-state index in [2.05, 4.69) is 10.1 Å². The van der Waals surface area contributed by atoms with Gasteiger partial charge < -0.3 is 19.7 Å². The minimum atomic E-state index is -3.67. The average molecular weight is 312 g/mol. The number of likely N-dealkylation sites (N-methyl/N-ethyl adjacent to an activating group) is 1. The molecular weight excluding hydrogens is 302 g/mol. The number of ether oxygens (including phenoxy) is 2. The van der Waals surface area contributed by atoms with E-state index in [4.69, 9.17) is 4.74 Å². The maximum absolute atomic E-state index is 13.8. The Morgan fingerprint density at radius 2 is 2.18 bits per heavy atom. The molecule has 0 radical (unpaired) electrons. The first-order chi connectivity index (χ1) is 10.3. The Morgan fingerprint density at radius 1 is 1.45 bits per heavy atom. The van der Waals surface area contributed by atoms with Gasteiger partial charge in [0.05, 0.1) is 17.8 Å². The largest absolute Gasteiger partial charge is 0.432 e. The summed E-state index contributed by atoms with van der Waals surface area (Å²) in [5, 5.41) is 2.27. The molecule has 1 saturated heterocycles. The number of alkyl halides is 2. The number of esters is 1. The van der Waals surface area contributed by atoms with Gasteiger partial charge in [-0.3, -0.25) is 4.79 Å². The van der Waals surface area contributed by atoms with Crippen molar-refractivity contribution >= 4 is 23.7 Å². The SMILES string of the molecule is CN1C(=O)C(F)(F)c2cc(OC(=O)C3CNC(=O)O3)ccc21. The molecule has 1 aromatic carbocycles. The number of nitrogens with zero attached hydrogens (tertiary/aromatic N) is 1. The number of amides is 2. The first kappa shape index (κ1) is 14.2. The highest BCUT2D eigenvalue weighted by molar-refractivity contribution is 6.05. The van der Waals surface area contributed by atoms with E-state index in [9.17, 15) is 23.2 Å². The molecule has 2 aliphatic heterocycles. The molecule has 9 heteroatoms. The van der Waals surface area contributed by atoms with Gasteiger partial charge in [0.25, 0.3) is 0 Å². The van der Waals surface area contributed by atoms with E-state index in [1.165, 1.54) is 19.2 Å². The predicted octanol–water partition coefficient (Wildman–Crippen LogP) is 0.769. The van der Waals surface area contributed by atoms with Crippen LogP contribution in [0, 0.1) is 0 Å². The first-order valence-electron chi connectivity index (χ1n) is 6.27. The summed E-state index contributed by atoms with van der Waals surface area (Å²) in [7, 11) is 1.23. The van der Waals surface area contributed by atoms with Crippen LogP contribution in [-0.2, 0) is 20.2 Å². The fraction of sp³-hybridized carbons (Fsp3) is 0.308. The lowest BCUT2D eigenvalue weighted by Crippen LogP contribution is -2.31. The maximum atomic E-state index is 13.8. The van der Waals surface area contributed by atoms with Gasteiger partial charge >= 0.3 is 23.9 Å². The molecule has 7 nitrogen and oxygen atoms in total. The molecular formula is C13H10F2N2O5. The monoisotopic (exact) mass is 312 g/mol. The van der Waals surface area contributed by atoms with Crippen molar-refractivity contribution < 1.29 is 32.6 Å². The van der Waals surface area contributed by atoms with Crippen LogP contribution >= 0.6 is 0 Å². The van der Waals surface area contributed by atoms with Gasteiger partial charge in [-0.15, -0.1) is 0 Å². The van der Waals surface area contributed by atoms with Gasteiger partial charge in [-0.2, -0.15) is 8.78 Å². The zero-order chi connectivity index (χ0) is 16.1. The number of rotatable bonds is 2. The van der Waals surface area contributed by atoms with Crippen LogP contribution in [0.4, 0.5) is 19.3 Å². The van der Waals surface area contributed by atoms with Crippen molar-refractivity contribution in [3.8, 4) is 5.75 Å². The summed E-state index contributed by atoms with van der Waals surface area (Å²) in [5.41, 5.74) is -0.490. The third kappa shape index (κ3) is 2.05. The molecule has 2 amide bonds. The summed E-state index contributed by atoms with van der Waals surface area (Å²) in [4.78, 5) is 34.9.